The molecule has 1 aliphatic carbocycles. The summed E-state index contributed by atoms with van der Waals surface area (Å²) in [6.07, 6.45) is 8.02. The van der Waals surface area contributed by atoms with E-state index in [2.05, 4.69) is 10.8 Å². The summed E-state index contributed by atoms with van der Waals surface area (Å²) in [5.74, 6) is 3.60. The number of nitrogens with zero attached hydrogens (tertiary/aromatic N) is 1. The van der Waals surface area contributed by atoms with Gasteiger partial charge in [-0.1, -0.05) is 5.92 Å². The van der Waals surface area contributed by atoms with Gasteiger partial charge in [0, 0.05) is 17.8 Å². The average Bonchev–Trinajstić information content (AvgIpc) is 3.13. The first-order valence-electron chi connectivity index (χ1n) is 6.00. The molecule has 2 heteroatoms. The maximum absolute atomic E-state index is 11.2. The minimum absolute atomic E-state index is 0.0993. The highest BCUT2D eigenvalue weighted by molar-refractivity contribution is 5.94. The minimum atomic E-state index is 0.0993. The van der Waals surface area contributed by atoms with Crippen molar-refractivity contribution in [3.8, 4) is 12.3 Å². The van der Waals surface area contributed by atoms with Gasteiger partial charge in [-0.3, -0.25) is 4.79 Å². The van der Waals surface area contributed by atoms with Crippen molar-refractivity contribution < 1.29 is 4.79 Å². The number of Topliss-reactive ketones (excluding diaryl/α,β-unsaturated/α-hetero) is 1. The molecule has 0 bridgehead atoms. The van der Waals surface area contributed by atoms with Gasteiger partial charge in [0.25, 0.3) is 0 Å². The maximum atomic E-state index is 11.2. The molecule has 0 N–H and O–H groups in total. The van der Waals surface area contributed by atoms with E-state index in [1.165, 1.54) is 12.8 Å². The Morgan fingerprint density at radius 2 is 2.06 bits per heavy atom. The van der Waals surface area contributed by atoms with Crippen LogP contribution in [0.2, 0.25) is 0 Å². The summed E-state index contributed by atoms with van der Waals surface area (Å²) < 4.78 is 0. The molecule has 1 aromatic carbocycles. The van der Waals surface area contributed by atoms with E-state index >= 15 is 0 Å². The Morgan fingerprint density at radius 1 is 1.41 bits per heavy atom. The molecule has 1 aromatic rings. The van der Waals surface area contributed by atoms with Crippen molar-refractivity contribution in [3.63, 3.8) is 0 Å². The van der Waals surface area contributed by atoms with Crippen LogP contribution < -0.4 is 4.90 Å². The van der Waals surface area contributed by atoms with Crippen molar-refractivity contribution in [2.45, 2.75) is 19.8 Å². The first-order valence-corrected chi connectivity index (χ1v) is 6.00. The van der Waals surface area contributed by atoms with Crippen LogP contribution in [0.4, 0.5) is 5.69 Å². The number of carbonyl (C=O) groups is 1. The number of ketones is 1. The molecule has 0 atom stereocenters. The lowest BCUT2D eigenvalue weighted by atomic mass is 10.1. The molecular formula is C15H17NO. The van der Waals surface area contributed by atoms with Gasteiger partial charge < -0.3 is 4.90 Å². The lowest BCUT2D eigenvalue weighted by Crippen LogP contribution is -2.25. The first kappa shape index (κ1) is 11.7. The van der Waals surface area contributed by atoms with E-state index in [1.807, 2.05) is 24.3 Å². The summed E-state index contributed by atoms with van der Waals surface area (Å²) >= 11 is 0. The fourth-order valence-corrected chi connectivity index (χ4v) is 1.89. The molecule has 17 heavy (non-hydrogen) atoms. The SMILES string of the molecule is C#CCN(CC1CC1)c1ccc(C(C)=O)cc1. The summed E-state index contributed by atoms with van der Waals surface area (Å²) in [7, 11) is 0. The smallest absolute Gasteiger partial charge is 0.159 e. The van der Waals surface area contributed by atoms with Crippen LogP contribution in [-0.2, 0) is 0 Å². The highest BCUT2D eigenvalue weighted by Gasteiger charge is 2.24. The maximum Gasteiger partial charge on any atom is 0.159 e. The molecule has 88 valence electrons. The molecule has 0 unspecified atom stereocenters. The lowest BCUT2D eigenvalue weighted by Gasteiger charge is -2.22. The van der Waals surface area contributed by atoms with Crippen LogP contribution in [0, 0.1) is 18.3 Å². The molecule has 2 rings (SSSR count). The van der Waals surface area contributed by atoms with Crippen molar-refractivity contribution in [2.75, 3.05) is 18.0 Å². The number of hydrogen-bond acceptors (Lipinski definition) is 2. The topological polar surface area (TPSA) is 20.3 Å². The van der Waals surface area contributed by atoms with Crippen LogP contribution >= 0.6 is 0 Å². The third kappa shape index (κ3) is 3.10. The lowest BCUT2D eigenvalue weighted by molar-refractivity contribution is 0.101. The second-order valence-corrected chi connectivity index (χ2v) is 4.63. The van der Waals surface area contributed by atoms with E-state index in [0.717, 1.165) is 23.7 Å². The van der Waals surface area contributed by atoms with Gasteiger partial charge in [-0.2, -0.15) is 0 Å². The molecule has 0 amide bonds. The van der Waals surface area contributed by atoms with Crippen molar-refractivity contribution in [1.82, 2.24) is 0 Å². The Labute approximate surface area is 103 Å². The van der Waals surface area contributed by atoms with Crippen molar-refractivity contribution in [3.05, 3.63) is 29.8 Å². The van der Waals surface area contributed by atoms with Gasteiger partial charge in [-0.15, -0.1) is 6.42 Å². The number of anilines is 1. The molecule has 0 aromatic heterocycles. The van der Waals surface area contributed by atoms with Crippen LogP contribution in [-0.4, -0.2) is 18.9 Å². The predicted molar refractivity (Wildman–Crippen MR) is 70.2 cm³/mol. The zero-order chi connectivity index (χ0) is 12.3. The zero-order valence-electron chi connectivity index (χ0n) is 10.1. The van der Waals surface area contributed by atoms with E-state index in [0.29, 0.717) is 6.54 Å². The third-order valence-electron chi connectivity index (χ3n) is 3.10. The largest absolute Gasteiger partial charge is 0.360 e. The van der Waals surface area contributed by atoms with E-state index in [4.69, 9.17) is 6.42 Å². The Balaban J connectivity index is 2.11. The molecule has 2 nitrogen and oxygen atoms in total. The Bertz CT molecular complexity index is 437. The quantitative estimate of drug-likeness (QED) is 0.569. The summed E-state index contributed by atoms with van der Waals surface area (Å²) in [5.41, 5.74) is 1.86. The number of benzene rings is 1. The van der Waals surface area contributed by atoms with Crippen LogP contribution in [0.5, 0.6) is 0 Å². The van der Waals surface area contributed by atoms with Crippen molar-refractivity contribution in [1.29, 1.82) is 0 Å². The van der Waals surface area contributed by atoms with Gasteiger partial charge in [-0.05, 0) is 49.9 Å². The van der Waals surface area contributed by atoms with Gasteiger partial charge in [0.05, 0.1) is 6.54 Å². The Kier molecular flexibility index (Phi) is 3.49. The molecule has 1 aliphatic rings. The van der Waals surface area contributed by atoms with Gasteiger partial charge in [0.1, 0.15) is 0 Å². The molecular weight excluding hydrogens is 210 g/mol. The highest BCUT2D eigenvalue weighted by Crippen LogP contribution is 2.31. The number of hydrogen-bond donors (Lipinski definition) is 0. The van der Waals surface area contributed by atoms with Crippen LogP contribution in [0.3, 0.4) is 0 Å². The van der Waals surface area contributed by atoms with Crippen LogP contribution in [0.15, 0.2) is 24.3 Å². The first-order chi connectivity index (χ1) is 8.20. The normalized spacial score (nSPS) is 14.1. The molecule has 0 aliphatic heterocycles. The van der Waals surface area contributed by atoms with Crippen LogP contribution in [0.25, 0.3) is 0 Å². The fraction of sp³-hybridized carbons (Fsp3) is 0.400. The molecule has 0 heterocycles. The molecule has 0 saturated heterocycles. The number of rotatable bonds is 5. The third-order valence-corrected chi connectivity index (χ3v) is 3.10. The monoisotopic (exact) mass is 227 g/mol. The van der Waals surface area contributed by atoms with Crippen molar-refractivity contribution in [2.24, 2.45) is 5.92 Å². The molecule has 0 radical (unpaired) electrons. The van der Waals surface area contributed by atoms with E-state index in [1.54, 1.807) is 6.92 Å². The second-order valence-electron chi connectivity index (χ2n) is 4.63. The van der Waals surface area contributed by atoms with E-state index < -0.39 is 0 Å². The summed E-state index contributed by atoms with van der Waals surface area (Å²) in [4.78, 5) is 13.4. The Morgan fingerprint density at radius 3 is 2.53 bits per heavy atom. The summed E-state index contributed by atoms with van der Waals surface area (Å²) in [6, 6.07) is 7.70. The number of carbonyl (C=O) groups excluding carboxylic acids is 1. The molecule has 0 spiro atoms. The molecule has 1 fully saturated rings. The molecule has 1 saturated carbocycles. The zero-order valence-corrected chi connectivity index (χ0v) is 10.1. The van der Waals surface area contributed by atoms with E-state index in [-0.39, 0.29) is 5.78 Å². The Hall–Kier alpha value is -1.75. The highest BCUT2D eigenvalue weighted by atomic mass is 16.1. The van der Waals surface area contributed by atoms with Gasteiger partial charge in [-0.25, -0.2) is 0 Å². The van der Waals surface area contributed by atoms with Crippen molar-refractivity contribution >= 4 is 11.5 Å². The van der Waals surface area contributed by atoms with Gasteiger partial charge >= 0.3 is 0 Å². The standard InChI is InChI=1S/C15H17NO/c1-3-10-16(11-13-4-5-13)15-8-6-14(7-9-15)12(2)17/h1,6-9,13H,4-5,10-11H2,2H3. The van der Waals surface area contributed by atoms with Gasteiger partial charge in [0.15, 0.2) is 5.78 Å². The van der Waals surface area contributed by atoms with E-state index in [9.17, 15) is 4.79 Å². The van der Waals surface area contributed by atoms with Crippen LogP contribution in [0.1, 0.15) is 30.1 Å². The number of terminal acetylenes is 1. The summed E-state index contributed by atoms with van der Waals surface area (Å²) in [6.45, 7) is 3.25. The predicted octanol–water partition coefficient (Wildman–Crippen LogP) is 2.74. The fourth-order valence-electron chi connectivity index (χ4n) is 1.89. The minimum Gasteiger partial charge on any atom is -0.360 e. The second kappa shape index (κ2) is 5.05. The summed E-state index contributed by atoms with van der Waals surface area (Å²) in [5, 5.41) is 0. The van der Waals surface area contributed by atoms with Gasteiger partial charge in [0.2, 0.25) is 0 Å². The average molecular weight is 227 g/mol.